The van der Waals surface area contributed by atoms with Crippen molar-refractivity contribution in [2.45, 2.75) is 5.92 Å². The van der Waals surface area contributed by atoms with Gasteiger partial charge in [-0.1, -0.05) is 48.5 Å². The lowest BCUT2D eigenvalue weighted by Crippen LogP contribution is -2.44. The lowest BCUT2D eigenvalue weighted by atomic mass is 9.96. The van der Waals surface area contributed by atoms with E-state index in [1.807, 2.05) is 48.5 Å². The van der Waals surface area contributed by atoms with Crippen molar-refractivity contribution < 1.29 is 14.7 Å². The molecule has 1 amide bonds. The van der Waals surface area contributed by atoms with E-state index in [9.17, 15) is 14.7 Å². The molecule has 4 heteroatoms. The molecule has 3 rings (SSSR count). The Kier molecular flexibility index (Phi) is 3.44. The largest absolute Gasteiger partial charge is 0.530 e. The van der Waals surface area contributed by atoms with Crippen LogP contribution in [0, 0.1) is 0 Å². The van der Waals surface area contributed by atoms with E-state index in [0.29, 0.717) is 6.29 Å². The van der Waals surface area contributed by atoms with Crippen molar-refractivity contribution in [1.29, 1.82) is 0 Å². The summed E-state index contributed by atoms with van der Waals surface area (Å²) in [5.41, 5.74) is 4.44. The molecule has 2 aromatic rings. The molecule has 0 spiro atoms. The Balaban J connectivity index is 2.02. The molecule has 1 aliphatic carbocycles. The first-order chi connectivity index (χ1) is 10.2. The van der Waals surface area contributed by atoms with Gasteiger partial charge in [-0.25, -0.2) is 0 Å². The van der Waals surface area contributed by atoms with Gasteiger partial charge in [0.05, 0.1) is 6.54 Å². The van der Waals surface area contributed by atoms with Gasteiger partial charge >= 0.3 is 0 Å². The average Bonchev–Trinajstić information content (AvgIpc) is 2.81. The van der Waals surface area contributed by atoms with E-state index in [1.165, 1.54) is 0 Å². The molecule has 0 saturated carbocycles. The number of nitrogens with zero attached hydrogens (tertiary/aromatic N) is 1. The fourth-order valence-electron chi connectivity index (χ4n) is 2.99. The van der Waals surface area contributed by atoms with E-state index < -0.39 is 6.09 Å². The molecule has 0 heterocycles. The first-order valence-corrected chi connectivity index (χ1v) is 6.80. The van der Waals surface area contributed by atoms with Crippen molar-refractivity contribution in [2.75, 3.05) is 13.1 Å². The van der Waals surface area contributed by atoms with Crippen LogP contribution < -0.4 is 5.11 Å². The van der Waals surface area contributed by atoms with Crippen LogP contribution in [-0.4, -0.2) is 30.4 Å². The summed E-state index contributed by atoms with van der Waals surface area (Å²) < 4.78 is 0. The van der Waals surface area contributed by atoms with Crippen molar-refractivity contribution in [1.82, 2.24) is 4.90 Å². The van der Waals surface area contributed by atoms with E-state index in [0.717, 1.165) is 27.2 Å². The van der Waals surface area contributed by atoms with Gasteiger partial charge in [0.25, 0.3) is 0 Å². The second kappa shape index (κ2) is 5.40. The lowest BCUT2D eigenvalue weighted by molar-refractivity contribution is -0.265. The molecule has 1 aliphatic rings. The van der Waals surface area contributed by atoms with E-state index >= 15 is 0 Å². The fourth-order valence-corrected chi connectivity index (χ4v) is 2.99. The molecule has 0 N–H and O–H groups in total. The monoisotopic (exact) mass is 280 g/mol. The van der Waals surface area contributed by atoms with E-state index in [-0.39, 0.29) is 19.0 Å². The zero-order valence-corrected chi connectivity index (χ0v) is 11.4. The molecular formula is C17H14NO3-. The molecule has 0 bridgehead atoms. The van der Waals surface area contributed by atoms with Crippen molar-refractivity contribution in [3.63, 3.8) is 0 Å². The first kappa shape index (κ1) is 13.4. The number of carboxylic acid groups (broad SMARTS) is 1. The number of hydrogen-bond donors (Lipinski definition) is 0. The number of fused-ring (bicyclic) bond motifs is 3. The molecule has 0 aliphatic heterocycles. The number of benzene rings is 2. The Morgan fingerprint density at radius 2 is 1.57 bits per heavy atom. The van der Waals surface area contributed by atoms with E-state index in [4.69, 9.17) is 0 Å². The summed E-state index contributed by atoms with van der Waals surface area (Å²) in [4.78, 5) is 22.9. The zero-order valence-electron chi connectivity index (χ0n) is 11.4. The highest BCUT2D eigenvalue weighted by Crippen LogP contribution is 2.44. The minimum Gasteiger partial charge on any atom is -0.530 e. The van der Waals surface area contributed by atoms with Crippen LogP contribution in [0.3, 0.4) is 0 Å². The summed E-state index contributed by atoms with van der Waals surface area (Å²) in [5.74, 6) is -0.0600. The fraction of sp³-hybridized carbons (Fsp3) is 0.176. The molecule has 0 radical (unpaired) electrons. The highest BCUT2D eigenvalue weighted by Gasteiger charge is 2.29. The Labute approximate surface area is 122 Å². The molecule has 4 nitrogen and oxygen atoms in total. The normalized spacial score (nSPS) is 12.6. The van der Waals surface area contributed by atoms with Gasteiger partial charge in [0.1, 0.15) is 12.4 Å². The highest BCUT2D eigenvalue weighted by atomic mass is 16.4. The van der Waals surface area contributed by atoms with Gasteiger partial charge in [-0.05, 0) is 22.3 Å². The zero-order chi connectivity index (χ0) is 14.8. The molecule has 0 atom stereocenters. The summed E-state index contributed by atoms with van der Waals surface area (Å²) in [6.45, 7) is 0.0677. The number of rotatable bonds is 4. The molecule has 2 aromatic carbocycles. The average molecular weight is 280 g/mol. The number of amides is 1. The van der Waals surface area contributed by atoms with Gasteiger partial charge in [-0.15, -0.1) is 0 Å². The maximum atomic E-state index is 11.2. The van der Waals surface area contributed by atoms with Crippen LogP contribution in [0.4, 0.5) is 4.79 Å². The highest BCUT2D eigenvalue weighted by molar-refractivity contribution is 5.79. The molecule has 0 aromatic heterocycles. The van der Waals surface area contributed by atoms with Crippen LogP contribution in [0.25, 0.3) is 11.1 Å². The standard InChI is InChI=1S/C17H15NO3/c19-10-9-18(17(20)21)11-16-14-7-3-1-5-12(14)13-6-2-4-8-15(13)16/h1-8,10,16H,9,11H2,(H,20,21)/p-1. The van der Waals surface area contributed by atoms with Crippen molar-refractivity contribution in [3.8, 4) is 11.1 Å². The Morgan fingerprint density at radius 1 is 1.05 bits per heavy atom. The molecular weight excluding hydrogens is 266 g/mol. The maximum Gasteiger partial charge on any atom is 0.139 e. The Bertz CT molecular complexity index is 650. The molecule has 0 saturated heterocycles. The molecule has 106 valence electrons. The van der Waals surface area contributed by atoms with Crippen LogP contribution in [0.5, 0.6) is 0 Å². The molecule has 0 fully saturated rings. The molecule has 21 heavy (non-hydrogen) atoms. The van der Waals surface area contributed by atoms with Gasteiger partial charge in [0.15, 0.2) is 0 Å². The van der Waals surface area contributed by atoms with Gasteiger partial charge in [0.2, 0.25) is 0 Å². The Morgan fingerprint density at radius 3 is 2.05 bits per heavy atom. The van der Waals surface area contributed by atoms with E-state index in [2.05, 4.69) is 0 Å². The van der Waals surface area contributed by atoms with Crippen LogP contribution >= 0.6 is 0 Å². The number of aldehydes is 1. The quantitative estimate of drug-likeness (QED) is 0.800. The van der Waals surface area contributed by atoms with Crippen LogP contribution in [0.1, 0.15) is 17.0 Å². The lowest BCUT2D eigenvalue weighted by Gasteiger charge is -2.27. The second-order valence-electron chi connectivity index (χ2n) is 5.06. The third-order valence-electron chi connectivity index (χ3n) is 3.92. The van der Waals surface area contributed by atoms with Crippen molar-refractivity contribution in [3.05, 3.63) is 59.7 Å². The predicted octanol–water partition coefficient (Wildman–Crippen LogP) is 1.64. The van der Waals surface area contributed by atoms with Crippen LogP contribution in [-0.2, 0) is 4.79 Å². The summed E-state index contributed by atoms with van der Waals surface area (Å²) >= 11 is 0. The second-order valence-corrected chi connectivity index (χ2v) is 5.06. The smallest absolute Gasteiger partial charge is 0.139 e. The van der Waals surface area contributed by atoms with Crippen LogP contribution in [0.2, 0.25) is 0 Å². The van der Waals surface area contributed by atoms with Gasteiger partial charge in [0, 0.05) is 12.5 Å². The van der Waals surface area contributed by atoms with E-state index in [1.54, 1.807) is 0 Å². The van der Waals surface area contributed by atoms with Crippen LogP contribution in [0.15, 0.2) is 48.5 Å². The molecule has 0 unspecified atom stereocenters. The number of carbonyl (C=O) groups is 2. The third kappa shape index (κ3) is 2.29. The minimum absolute atomic E-state index is 0.0600. The first-order valence-electron chi connectivity index (χ1n) is 6.80. The summed E-state index contributed by atoms with van der Waals surface area (Å²) in [5, 5.41) is 11.2. The maximum absolute atomic E-state index is 11.2. The summed E-state index contributed by atoms with van der Waals surface area (Å²) in [6.07, 6.45) is -0.730. The summed E-state index contributed by atoms with van der Waals surface area (Å²) in [6, 6.07) is 15.9. The van der Waals surface area contributed by atoms with Crippen molar-refractivity contribution in [2.24, 2.45) is 0 Å². The van der Waals surface area contributed by atoms with Gasteiger partial charge in [-0.3, -0.25) is 0 Å². The van der Waals surface area contributed by atoms with Crippen molar-refractivity contribution >= 4 is 12.4 Å². The topological polar surface area (TPSA) is 60.4 Å². The summed E-state index contributed by atoms with van der Waals surface area (Å²) in [7, 11) is 0. The SMILES string of the molecule is O=CCN(CC1c2ccccc2-c2ccccc21)C(=O)[O-]. The minimum atomic E-state index is -1.32. The Hall–Kier alpha value is -2.62. The number of carbonyl (C=O) groups excluding carboxylic acids is 2. The number of hydrogen-bond acceptors (Lipinski definition) is 3. The predicted molar refractivity (Wildman–Crippen MR) is 76.8 cm³/mol. The van der Waals surface area contributed by atoms with Gasteiger partial charge < -0.3 is 19.6 Å². The van der Waals surface area contributed by atoms with Gasteiger partial charge in [-0.2, -0.15) is 0 Å². The third-order valence-corrected chi connectivity index (χ3v) is 3.92.